The van der Waals surface area contributed by atoms with E-state index in [0.29, 0.717) is 22.7 Å². The third-order valence-electron chi connectivity index (χ3n) is 3.33. The minimum Gasteiger partial charge on any atom is -0.304 e. The van der Waals surface area contributed by atoms with Gasteiger partial charge in [-0.25, -0.2) is 0 Å². The molecule has 0 saturated carbocycles. The monoisotopic (exact) mass is 403 g/mol. The normalized spacial score (nSPS) is 11.6. The molecule has 11 heteroatoms. The molecule has 0 saturated heterocycles. The zero-order valence-electron chi connectivity index (χ0n) is 12.8. The molecule has 0 spiro atoms. The minimum atomic E-state index is -4.60. The molecule has 2 heterocycles. The van der Waals surface area contributed by atoms with Gasteiger partial charge in [0.15, 0.2) is 11.5 Å². The average molecular weight is 404 g/mol. The highest BCUT2D eigenvalue weighted by Gasteiger charge is 2.33. The van der Waals surface area contributed by atoms with Gasteiger partial charge in [0.05, 0.1) is 16.6 Å². The van der Waals surface area contributed by atoms with Gasteiger partial charge in [0.1, 0.15) is 5.69 Å². The Morgan fingerprint density at radius 3 is 2.62 bits per heavy atom. The Balaban J connectivity index is 1.67. The maximum absolute atomic E-state index is 12.5. The van der Waals surface area contributed by atoms with E-state index in [2.05, 4.69) is 15.5 Å². The van der Waals surface area contributed by atoms with Gasteiger partial charge in [-0.3, -0.25) is 14.6 Å². The highest BCUT2D eigenvalue weighted by Crippen LogP contribution is 2.27. The lowest BCUT2D eigenvalue weighted by atomic mass is 10.2. The number of H-pyrrole nitrogens is 1. The molecule has 1 amide bonds. The third-order valence-corrected chi connectivity index (χ3v) is 4.07. The number of anilines is 1. The van der Waals surface area contributed by atoms with E-state index < -0.39 is 23.5 Å². The number of nitrogens with one attached hydrogen (secondary N) is 2. The quantitative estimate of drug-likeness (QED) is 0.684. The summed E-state index contributed by atoms with van der Waals surface area (Å²) in [5.74, 6) is -0.636. The molecule has 26 heavy (non-hydrogen) atoms. The van der Waals surface area contributed by atoms with Gasteiger partial charge in [0.2, 0.25) is 0 Å². The van der Waals surface area contributed by atoms with Crippen LogP contribution < -0.4 is 5.32 Å². The van der Waals surface area contributed by atoms with Crippen molar-refractivity contribution in [1.82, 2.24) is 20.0 Å². The van der Waals surface area contributed by atoms with Crippen molar-refractivity contribution < 1.29 is 18.0 Å². The Morgan fingerprint density at radius 2 is 1.96 bits per heavy atom. The smallest absolute Gasteiger partial charge is 0.304 e. The SMILES string of the molecule is O=C(Nc1ccn(Cc2ccc(Cl)c(Cl)c2)n1)c1cc(C(F)(F)F)[nH]n1. The summed E-state index contributed by atoms with van der Waals surface area (Å²) in [5.41, 5.74) is -0.661. The van der Waals surface area contributed by atoms with Crippen LogP contribution in [0.3, 0.4) is 0 Å². The van der Waals surface area contributed by atoms with E-state index >= 15 is 0 Å². The van der Waals surface area contributed by atoms with Gasteiger partial charge in [-0.2, -0.15) is 23.4 Å². The number of carbonyl (C=O) groups is 1. The summed E-state index contributed by atoms with van der Waals surface area (Å²) >= 11 is 11.8. The van der Waals surface area contributed by atoms with Crippen molar-refractivity contribution in [3.63, 3.8) is 0 Å². The molecule has 0 fully saturated rings. The Labute approximate surface area is 154 Å². The van der Waals surface area contributed by atoms with E-state index in [1.54, 1.807) is 29.5 Å². The summed E-state index contributed by atoms with van der Waals surface area (Å²) in [6.45, 7) is 0.368. The number of nitrogens with zero attached hydrogens (tertiary/aromatic N) is 3. The number of carbonyl (C=O) groups excluding carboxylic acids is 1. The zero-order valence-corrected chi connectivity index (χ0v) is 14.3. The van der Waals surface area contributed by atoms with E-state index in [9.17, 15) is 18.0 Å². The first-order valence-electron chi connectivity index (χ1n) is 7.14. The molecular weight excluding hydrogens is 394 g/mol. The van der Waals surface area contributed by atoms with Gasteiger partial charge in [0.25, 0.3) is 5.91 Å². The molecule has 3 rings (SSSR count). The summed E-state index contributed by atoms with van der Waals surface area (Å²) < 4.78 is 39.1. The lowest BCUT2D eigenvalue weighted by Crippen LogP contribution is -2.13. The third kappa shape index (κ3) is 4.17. The van der Waals surface area contributed by atoms with Gasteiger partial charge in [-0.15, -0.1) is 0 Å². The van der Waals surface area contributed by atoms with Crippen molar-refractivity contribution in [3.05, 3.63) is 63.5 Å². The van der Waals surface area contributed by atoms with Crippen molar-refractivity contribution in [1.29, 1.82) is 0 Å². The number of hydrogen-bond donors (Lipinski definition) is 2. The molecule has 1 aromatic carbocycles. The second-order valence-corrected chi connectivity index (χ2v) is 6.08. The van der Waals surface area contributed by atoms with E-state index in [-0.39, 0.29) is 5.82 Å². The number of halogens is 5. The topological polar surface area (TPSA) is 75.6 Å². The highest BCUT2D eigenvalue weighted by molar-refractivity contribution is 6.42. The van der Waals surface area contributed by atoms with Crippen LogP contribution in [0.1, 0.15) is 21.7 Å². The lowest BCUT2D eigenvalue weighted by molar-refractivity contribution is -0.141. The molecule has 2 aromatic heterocycles. The average Bonchev–Trinajstić information content (AvgIpc) is 3.20. The molecule has 3 aromatic rings. The van der Waals surface area contributed by atoms with Crippen LogP contribution in [0.5, 0.6) is 0 Å². The van der Waals surface area contributed by atoms with Crippen LogP contribution >= 0.6 is 23.2 Å². The van der Waals surface area contributed by atoms with E-state index in [0.717, 1.165) is 5.56 Å². The number of benzene rings is 1. The van der Waals surface area contributed by atoms with Gasteiger partial charge in [-0.1, -0.05) is 29.3 Å². The Kier molecular flexibility index (Phi) is 4.92. The van der Waals surface area contributed by atoms with Crippen LogP contribution in [-0.2, 0) is 12.7 Å². The van der Waals surface area contributed by atoms with Crippen molar-refractivity contribution in [2.75, 3.05) is 5.32 Å². The number of amides is 1. The molecule has 0 bridgehead atoms. The first-order chi connectivity index (χ1) is 12.2. The van der Waals surface area contributed by atoms with Gasteiger partial charge in [-0.05, 0) is 17.7 Å². The highest BCUT2D eigenvalue weighted by atomic mass is 35.5. The fraction of sp³-hybridized carbons (Fsp3) is 0.133. The first kappa shape index (κ1) is 18.3. The molecule has 0 aliphatic carbocycles. The summed E-state index contributed by atoms with van der Waals surface area (Å²) in [4.78, 5) is 12.0. The fourth-order valence-corrected chi connectivity index (χ4v) is 2.43. The summed E-state index contributed by atoms with van der Waals surface area (Å²) in [6, 6.07) is 7.25. The molecule has 6 nitrogen and oxygen atoms in total. The van der Waals surface area contributed by atoms with Gasteiger partial charge < -0.3 is 5.32 Å². The molecule has 2 N–H and O–H groups in total. The molecular formula is C15H10Cl2F3N5O. The minimum absolute atomic E-state index is 0.173. The molecule has 0 unspecified atom stereocenters. The molecule has 136 valence electrons. The predicted octanol–water partition coefficient (Wildman–Crippen LogP) is 4.23. The fourth-order valence-electron chi connectivity index (χ4n) is 2.11. The number of hydrogen-bond acceptors (Lipinski definition) is 3. The van der Waals surface area contributed by atoms with Crippen molar-refractivity contribution in [2.45, 2.75) is 12.7 Å². The zero-order chi connectivity index (χ0) is 18.9. The van der Waals surface area contributed by atoms with Crippen LogP contribution in [-0.4, -0.2) is 25.9 Å². The number of rotatable bonds is 4. The number of aromatic amines is 1. The van der Waals surface area contributed by atoms with E-state index in [4.69, 9.17) is 23.2 Å². The van der Waals surface area contributed by atoms with Crippen LogP contribution in [0.15, 0.2) is 36.5 Å². The Hall–Kier alpha value is -2.52. The lowest BCUT2D eigenvalue weighted by Gasteiger charge is -2.04. The van der Waals surface area contributed by atoms with Crippen LogP contribution in [0, 0.1) is 0 Å². The van der Waals surface area contributed by atoms with Crippen molar-refractivity contribution >= 4 is 34.9 Å². The maximum atomic E-state index is 12.5. The molecule has 0 aliphatic rings. The molecule has 0 radical (unpaired) electrons. The van der Waals surface area contributed by atoms with Crippen molar-refractivity contribution in [2.24, 2.45) is 0 Å². The molecule has 0 atom stereocenters. The van der Waals surface area contributed by atoms with E-state index in [1.165, 1.54) is 10.7 Å². The maximum Gasteiger partial charge on any atom is 0.432 e. The van der Waals surface area contributed by atoms with Crippen LogP contribution in [0.2, 0.25) is 10.0 Å². The van der Waals surface area contributed by atoms with Gasteiger partial charge in [0, 0.05) is 18.3 Å². The summed E-state index contributed by atoms with van der Waals surface area (Å²) in [7, 11) is 0. The van der Waals surface area contributed by atoms with Crippen LogP contribution in [0.4, 0.5) is 19.0 Å². The number of alkyl halides is 3. The van der Waals surface area contributed by atoms with Gasteiger partial charge >= 0.3 is 6.18 Å². The van der Waals surface area contributed by atoms with Crippen molar-refractivity contribution in [3.8, 4) is 0 Å². The Morgan fingerprint density at radius 1 is 1.19 bits per heavy atom. The summed E-state index contributed by atoms with van der Waals surface area (Å²) in [6.07, 6.45) is -3.00. The predicted molar refractivity (Wildman–Crippen MR) is 89.3 cm³/mol. The second kappa shape index (κ2) is 7.00. The largest absolute Gasteiger partial charge is 0.432 e. The standard InChI is InChI=1S/C15H10Cl2F3N5O/c16-9-2-1-8(5-10(9)17)7-25-4-3-13(24-25)21-14(26)11-6-12(23-22-11)15(18,19)20/h1-6H,7H2,(H,22,23)(H,21,24,26). The molecule has 0 aliphatic heterocycles. The second-order valence-electron chi connectivity index (χ2n) is 5.27. The number of aromatic nitrogens is 4. The Bertz CT molecular complexity index is 951. The van der Waals surface area contributed by atoms with Crippen LogP contribution in [0.25, 0.3) is 0 Å². The van der Waals surface area contributed by atoms with E-state index in [1.807, 2.05) is 0 Å². The summed E-state index contributed by atoms with van der Waals surface area (Å²) in [5, 5.41) is 12.5. The first-order valence-corrected chi connectivity index (χ1v) is 7.89.